The van der Waals surface area contributed by atoms with Crippen molar-refractivity contribution in [2.75, 3.05) is 0 Å². The number of pyridine rings is 1. The number of rotatable bonds is 6. The molecule has 1 aromatic carbocycles. The number of nitrogens with two attached hydrogens (primary N) is 1. The van der Waals surface area contributed by atoms with Crippen molar-refractivity contribution in [2.45, 2.75) is 6.54 Å². The molecule has 0 aliphatic rings. The number of hydrogen-bond acceptors (Lipinski definition) is 5. The van der Waals surface area contributed by atoms with Crippen LogP contribution in [0.4, 0.5) is 0 Å². The molecule has 0 unspecified atom stereocenters. The van der Waals surface area contributed by atoms with Crippen molar-refractivity contribution in [3.63, 3.8) is 0 Å². The zero-order valence-corrected chi connectivity index (χ0v) is 15.6. The van der Waals surface area contributed by atoms with Gasteiger partial charge in [0.1, 0.15) is 0 Å². The van der Waals surface area contributed by atoms with Gasteiger partial charge in [0.2, 0.25) is 0 Å². The van der Waals surface area contributed by atoms with E-state index in [4.69, 9.17) is 28.0 Å². The Morgan fingerprint density at radius 2 is 2.00 bits per heavy atom. The van der Waals surface area contributed by atoms with Crippen molar-refractivity contribution in [1.29, 1.82) is 10.5 Å². The van der Waals surface area contributed by atoms with Gasteiger partial charge >= 0.3 is 0 Å². The van der Waals surface area contributed by atoms with Crippen LogP contribution in [0.15, 0.2) is 67.5 Å². The van der Waals surface area contributed by atoms with Gasteiger partial charge < -0.3 is 0 Å². The summed E-state index contributed by atoms with van der Waals surface area (Å²) in [6, 6.07) is 10.3. The molecular formula is C21H16ClN5O. The summed E-state index contributed by atoms with van der Waals surface area (Å²) in [7, 11) is 0. The Bertz CT molecular complexity index is 1060. The van der Waals surface area contributed by atoms with E-state index in [1.807, 2.05) is 12.1 Å². The molecule has 7 heteroatoms. The van der Waals surface area contributed by atoms with Crippen molar-refractivity contribution in [3.05, 3.63) is 94.8 Å². The summed E-state index contributed by atoms with van der Waals surface area (Å²) in [4.78, 5) is 16.7. The van der Waals surface area contributed by atoms with E-state index in [9.17, 15) is 4.79 Å². The number of benzene rings is 1. The van der Waals surface area contributed by atoms with E-state index < -0.39 is 5.91 Å². The zero-order valence-electron chi connectivity index (χ0n) is 14.9. The van der Waals surface area contributed by atoms with Crippen LogP contribution in [0.3, 0.4) is 0 Å². The number of hydrazine groups is 1. The van der Waals surface area contributed by atoms with E-state index in [2.05, 4.69) is 18.1 Å². The fraction of sp³-hybridized carbons (Fsp3) is 0.0476. The molecule has 2 N–H and O–H groups in total. The Balaban J connectivity index is 2.26. The molecule has 0 atom stereocenters. The van der Waals surface area contributed by atoms with Crippen LogP contribution < -0.4 is 5.84 Å². The maximum atomic E-state index is 12.7. The van der Waals surface area contributed by atoms with Crippen molar-refractivity contribution in [3.8, 4) is 12.1 Å². The minimum absolute atomic E-state index is 0.0585. The molecule has 0 saturated carbocycles. The molecule has 1 heterocycles. The molecule has 138 valence electrons. The lowest BCUT2D eigenvalue weighted by Crippen LogP contribution is -2.37. The third kappa shape index (κ3) is 4.93. The Morgan fingerprint density at radius 3 is 2.61 bits per heavy atom. The largest absolute Gasteiger partial charge is 0.272 e. The lowest BCUT2D eigenvalue weighted by molar-refractivity contribution is 0.0742. The van der Waals surface area contributed by atoms with Crippen LogP contribution in [0.5, 0.6) is 0 Å². The minimum atomic E-state index is -0.461. The molecule has 1 amide bonds. The van der Waals surface area contributed by atoms with E-state index in [1.165, 1.54) is 12.3 Å². The smallest absolute Gasteiger partial charge is 0.269 e. The second kappa shape index (κ2) is 9.29. The summed E-state index contributed by atoms with van der Waals surface area (Å²) in [5, 5.41) is 19.1. The van der Waals surface area contributed by atoms with E-state index in [0.717, 1.165) is 5.01 Å². The van der Waals surface area contributed by atoms with E-state index in [-0.39, 0.29) is 17.7 Å². The fourth-order valence-electron chi connectivity index (χ4n) is 2.36. The third-order valence-electron chi connectivity index (χ3n) is 3.80. The molecule has 1 aromatic heterocycles. The highest BCUT2D eigenvalue weighted by molar-refractivity contribution is 6.31. The average Bonchev–Trinajstić information content (AvgIpc) is 2.72. The Morgan fingerprint density at radius 1 is 1.29 bits per heavy atom. The quantitative estimate of drug-likeness (QED) is 0.266. The van der Waals surface area contributed by atoms with Gasteiger partial charge in [-0.25, -0.2) is 5.84 Å². The first-order chi connectivity index (χ1) is 13.4. The maximum absolute atomic E-state index is 12.7. The molecule has 6 nitrogen and oxygen atoms in total. The van der Waals surface area contributed by atoms with Gasteiger partial charge in [-0.15, -0.1) is 0 Å². The monoisotopic (exact) mass is 389 g/mol. The molecule has 0 bridgehead atoms. The number of amides is 1. The lowest BCUT2D eigenvalue weighted by Gasteiger charge is -2.18. The molecule has 2 rings (SSSR count). The first-order valence-electron chi connectivity index (χ1n) is 8.03. The van der Waals surface area contributed by atoms with Crippen LogP contribution in [0, 0.1) is 22.7 Å². The normalized spacial score (nSPS) is 10.5. The summed E-state index contributed by atoms with van der Waals surface area (Å²) >= 11 is 6.14. The zero-order chi connectivity index (χ0) is 20.7. The Labute approximate surface area is 168 Å². The van der Waals surface area contributed by atoms with E-state index in [1.54, 1.807) is 36.5 Å². The van der Waals surface area contributed by atoms with Crippen molar-refractivity contribution < 1.29 is 4.79 Å². The van der Waals surface area contributed by atoms with Gasteiger partial charge in [-0.3, -0.25) is 14.8 Å². The Kier molecular flexibility index (Phi) is 6.84. The molecule has 0 saturated heterocycles. The van der Waals surface area contributed by atoms with Crippen molar-refractivity contribution >= 4 is 23.1 Å². The second-order valence-electron chi connectivity index (χ2n) is 5.75. The summed E-state index contributed by atoms with van der Waals surface area (Å²) in [5.41, 5.74) is 2.75. The van der Waals surface area contributed by atoms with Gasteiger partial charge in [-0.2, -0.15) is 10.5 Å². The number of carbonyl (C=O) groups is 1. The highest BCUT2D eigenvalue weighted by Gasteiger charge is 2.16. The fourth-order valence-corrected chi connectivity index (χ4v) is 2.60. The first-order valence-corrected chi connectivity index (χ1v) is 8.41. The first kappa shape index (κ1) is 20.6. The second-order valence-corrected chi connectivity index (χ2v) is 6.16. The highest BCUT2D eigenvalue weighted by atomic mass is 35.5. The van der Waals surface area contributed by atoms with Gasteiger partial charge in [-0.1, -0.05) is 36.9 Å². The summed E-state index contributed by atoms with van der Waals surface area (Å²) < 4.78 is 0. The SMILES string of the molecule is C=C/C(=C\C(=C)C#N)c1cncc(C(=O)N(N)Cc2ccc(C#N)cc2Cl)c1. The molecule has 0 radical (unpaired) electrons. The number of hydrogen-bond donors (Lipinski definition) is 1. The van der Waals surface area contributed by atoms with E-state index in [0.29, 0.717) is 27.3 Å². The number of halogens is 1. The van der Waals surface area contributed by atoms with Gasteiger partial charge in [0.25, 0.3) is 5.91 Å². The van der Waals surface area contributed by atoms with Crippen LogP contribution in [-0.2, 0) is 6.54 Å². The summed E-state index contributed by atoms with van der Waals surface area (Å²) in [6.07, 6.45) is 6.04. The average molecular weight is 390 g/mol. The van der Waals surface area contributed by atoms with Crippen LogP contribution >= 0.6 is 11.6 Å². The van der Waals surface area contributed by atoms with Crippen molar-refractivity contribution in [2.24, 2.45) is 5.84 Å². The molecule has 2 aromatic rings. The van der Waals surface area contributed by atoms with Crippen LogP contribution in [-0.4, -0.2) is 15.9 Å². The molecule has 0 spiro atoms. The predicted octanol–water partition coefficient (Wildman–Crippen LogP) is 3.77. The third-order valence-corrected chi connectivity index (χ3v) is 4.15. The van der Waals surface area contributed by atoms with Crippen LogP contribution in [0.2, 0.25) is 5.02 Å². The highest BCUT2D eigenvalue weighted by Crippen LogP contribution is 2.21. The number of allylic oxidation sites excluding steroid dienone is 4. The topological polar surface area (TPSA) is 107 Å². The van der Waals surface area contributed by atoms with Crippen LogP contribution in [0.1, 0.15) is 27.0 Å². The number of carbonyl (C=O) groups excluding carboxylic acids is 1. The Hall–Kier alpha value is -3.71. The number of nitriles is 2. The standard InChI is InChI=1S/C21H16ClN5O/c1-3-16(6-14(2)9-23)18-8-19(12-26-11-18)21(28)27(25)13-17-5-4-15(10-24)7-20(17)22/h3-8,11-12H,1-2,13,25H2/b16-6+. The van der Waals surface area contributed by atoms with Gasteiger partial charge in [0.05, 0.1) is 29.8 Å². The molecule has 0 aliphatic carbocycles. The van der Waals surface area contributed by atoms with E-state index >= 15 is 0 Å². The van der Waals surface area contributed by atoms with Gasteiger partial charge in [0.15, 0.2) is 0 Å². The maximum Gasteiger partial charge on any atom is 0.269 e. The summed E-state index contributed by atoms with van der Waals surface area (Å²) in [6.45, 7) is 7.37. The van der Waals surface area contributed by atoms with Gasteiger partial charge in [-0.05, 0) is 35.4 Å². The lowest BCUT2D eigenvalue weighted by atomic mass is 10.0. The minimum Gasteiger partial charge on any atom is -0.272 e. The molecular weight excluding hydrogens is 374 g/mol. The van der Waals surface area contributed by atoms with Gasteiger partial charge in [0, 0.05) is 28.6 Å². The number of aromatic nitrogens is 1. The molecule has 0 fully saturated rings. The van der Waals surface area contributed by atoms with Crippen LogP contribution in [0.25, 0.3) is 5.57 Å². The summed E-state index contributed by atoms with van der Waals surface area (Å²) in [5.74, 6) is 5.46. The number of nitrogens with zero attached hydrogens (tertiary/aromatic N) is 4. The van der Waals surface area contributed by atoms with Crippen molar-refractivity contribution in [1.82, 2.24) is 9.99 Å². The predicted molar refractivity (Wildman–Crippen MR) is 107 cm³/mol. The molecule has 28 heavy (non-hydrogen) atoms. The molecule has 0 aliphatic heterocycles.